The van der Waals surface area contributed by atoms with Gasteiger partial charge in [-0.2, -0.15) is 0 Å². The van der Waals surface area contributed by atoms with Gasteiger partial charge < -0.3 is 19.5 Å². The van der Waals surface area contributed by atoms with Gasteiger partial charge in [-0.3, -0.25) is 0 Å². The van der Waals surface area contributed by atoms with E-state index >= 15 is 0 Å². The number of anilines is 1. The fraction of sp³-hybridized carbons (Fsp3) is 0.700. The molecule has 0 spiro atoms. The van der Waals surface area contributed by atoms with Gasteiger partial charge in [-0.1, -0.05) is 22.9 Å². The van der Waals surface area contributed by atoms with Gasteiger partial charge in [0.2, 0.25) is 0 Å². The Balaban J connectivity index is 2.13. The Morgan fingerprint density at radius 1 is 1.41 bits per heavy atom. The molecule has 1 aromatic heterocycles. The van der Waals surface area contributed by atoms with Crippen molar-refractivity contribution in [2.24, 2.45) is 0 Å². The van der Waals surface area contributed by atoms with Crippen molar-refractivity contribution in [2.75, 3.05) is 32.2 Å². The molecule has 96 valence electrons. The van der Waals surface area contributed by atoms with E-state index in [2.05, 4.69) is 9.88 Å². The van der Waals surface area contributed by atoms with Gasteiger partial charge in [0.15, 0.2) is 5.13 Å². The molecule has 1 saturated heterocycles. The normalized spacial score (nSPS) is 24.6. The molecular weight excluding hydrogens is 264 g/mol. The first-order valence-electron chi connectivity index (χ1n) is 5.26. The van der Waals surface area contributed by atoms with E-state index in [-0.39, 0.29) is 18.8 Å². The molecule has 1 fully saturated rings. The van der Waals surface area contributed by atoms with Crippen LogP contribution in [-0.4, -0.2) is 49.6 Å². The number of aliphatic hydroxyl groups excluding tert-OH is 1. The van der Waals surface area contributed by atoms with Crippen LogP contribution in [-0.2, 0) is 16.1 Å². The van der Waals surface area contributed by atoms with Gasteiger partial charge in [0.1, 0.15) is 17.4 Å². The highest BCUT2D eigenvalue weighted by Crippen LogP contribution is 2.32. The fourth-order valence-corrected chi connectivity index (χ4v) is 3.04. The van der Waals surface area contributed by atoms with E-state index in [1.807, 2.05) is 0 Å². The number of aromatic nitrogens is 1. The number of aliphatic hydroxyl groups is 1. The zero-order chi connectivity index (χ0) is 12.4. The highest BCUT2D eigenvalue weighted by Gasteiger charge is 2.34. The molecule has 1 aliphatic rings. The molecule has 0 saturated carbocycles. The van der Waals surface area contributed by atoms with Crippen LogP contribution in [0.5, 0.6) is 0 Å². The Labute approximate surface area is 109 Å². The molecule has 5 nitrogen and oxygen atoms in total. The summed E-state index contributed by atoms with van der Waals surface area (Å²) >= 11 is 7.32. The number of thiazole rings is 1. The molecule has 0 aromatic carbocycles. The second-order valence-corrected chi connectivity index (χ2v) is 5.24. The van der Waals surface area contributed by atoms with Crippen LogP contribution in [0.25, 0.3) is 0 Å². The lowest BCUT2D eigenvalue weighted by Crippen LogP contribution is -2.27. The van der Waals surface area contributed by atoms with Crippen LogP contribution < -0.4 is 4.90 Å². The summed E-state index contributed by atoms with van der Waals surface area (Å²) in [5, 5.41) is 10.3. The largest absolute Gasteiger partial charge is 0.391 e. The average Bonchev–Trinajstić information content (AvgIpc) is 2.91. The highest BCUT2D eigenvalue weighted by atomic mass is 35.5. The minimum absolute atomic E-state index is 0.0419. The summed E-state index contributed by atoms with van der Waals surface area (Å²) in [7, 11) is 3.35. The van der Waals surface area contributed by atoms with E-state index in [4.69, 9.17) is 26.2 Å². The molecule has 17 heavy (non-hydrogen) atoms. The molecule has 2 atom stereocenters. The number of hydrogen-bond acceptors (Lipinski definition) is 6. The van der Waals surface area contributed by atoms with Crippen molar-refractivity contribution in [3.8, 4) is 0 Å². The van der Waals surface area contributed by atoms with Gasteiger partial charge in [0, 0.05) is 27.3 Å². The van der Waals surface area contributed by atoms with Crippen molar-refractivity contribution >= 4 is 28.1 Å². The van der Waals surface area contributed by atoms with E-state index in [9.17, 15) is 0 Å². The lowest BCUT2D eigenvalue weighted by molar-refractivity contribution is -0.00461. The first-order valence-corrected chi connectivity index (χ1v) is 6.45. The van der Waals surface area contributed by atoms with Crippen LogP contribution in [0.4, 0.5) is 5.13 Å². The molecule has 1 N–H and O–H groups in total. The summed E-state index contributed by atoms with van der Waals surface area (Å²) < 4.78 is 10.7. The molecule has 1 aromatic rings. The lowest BCUT2D eigenvalue weighted by atomic mass is 10.3. The second kappa shape index (κ2) is 5.49. The molecule has 2 unspecified atom stereocenters. The molecule has 0 aliphatic carbocycles. The molecule has 2 rings (SSSR count). The molecule has 7 heteroatoms. The molecule has 1 aliphatic heterocycles. The van der Waals surface area contributed by atoms with Crippen molar-refractivity contribution in [1.82, 2.24) is 4.98 Å². The average molecular weight is 279 g/mol. The zero-order valence-electron chi connectivity index (χ0n) is 9.72. The van der Waals surface area contributed by atoms with E-state index in [1.54, 1.807) is 14.2 Å². The van der Waals surface area contributed by atoms with Crippen LogP contribution in [0.2, 0.25) is 5.15 Å². The Morgan fingerprint density at radius 2 is 2.00 bits per heavy atom. The molecule has 2 heterocycles. The Morgan fingerprint density at radius 3 is 2.41 bits per heavy atom. The first kappa shape index (κ1) is 13.0. The molecule has 0 radical (unpaired) electrons. The van der Waals surface area contributed by atoms with Crippen molar-refractivity contribution < 1.29 is 14.6 Å². The van der Waals surface area contributed by atoms with Gasteiger partial charge in [0.25, 0.3) is 0 Å². The van der Waals surface area contributed by atoms with Gasteiger partial charge in [-0.15, -0.1) is 0 Å². The third-order valence-electron chi connectivity index (χ3n) is 2.87. The number of ether oxygens (including phenoxy) is 2. The fourth-order valence-electron chi connectivity index (χ4n) is 1.91. The van der Waals surface area contributed by atoms with E-state index in [0.717, 1.165) is 18.2 Å². The summed E-state index contributed by atoms with van der Waals surface area (Å²) in [4.78, 5) is 7.00. The quantitative estimate of drug-likeness (QED) is 0.895. The monoisotopic (exact) mass is 278 g/mol. The first-order chi connectivity index (χ1) is 8.19. The predicted molar refractivity (Wildman–Crippen MR) is 66.9 cm³/mol. The number of hydrogen-bond donors (Lipinski definition) is 1. The van der Waals surface area contributed by atoms with Crippen LogP contribution in [0.15, 0.2) is 0 Å². The summed E-state index contributed by atoms with van der Waals surface area (Å²) in [6.07, 6.45) is 0.0838. The van der Waals surface area contributed by atoms with Crippen LogP contribution in [0, 0.1) is 0 Å². The van der Waals surface area contributed by atoms with Gasteiger partial charge >= 0.3 is 0 Å². The summed E-state index contributed by atoms with van der Waals surface area (Å²) in [5.41, 5.74) is 0. The van der Waals surface area contributed by atoms with Crippen LogP contribution in [0.1, 0.15) is 4.88 Å². The second-order valence-electron chi connectivity index (χ2n) is 3.82. The maximum atomic E-state index is 9.09. The van der Waals surface area contributed by atoms with Crippen molar-refractivity contribution in [2.45, 2.75) is 18.8 Å². The molecular formula is C10H15ClN2O3S. The number of methoxy groups -OCH3 is 2. The van der Waals surface area contributed by atoms with Crippen LogP contribution in [0.3, 0.4) is 0 Å². The minimum Gasteiger partial charge on any atom is -0.391 e. The maximum Gasteiger partial charge on any atom is 0.187 e. The predicted octanol–water partition coefficient (Wildman–Crippen LogP) is 1.14. The van der Waals surface area contributed by atoms with Crippen molar-refractivity contribution in [3.05, 3.63) is 10.0 Å². The highest BCUT2D eigenvalue weighted by molar-refractivity contribution is 7.16. The van der Waals surface area contributed by atoms with Crippen molar-refractivity contribution in [3.63, 3.8) is 0 Å². The lowest BCUT2D eigenvalue weighted by Gasteiger charge is -2.13. The number of nitrogens with zero attached hydrogens (tertiary/aromatic N) is 2. The van der Waals surface area contributed by atoms with E-state index in [0.29, 0.717) is 10.0 Å². The zero-order valence-corrected chi connectivity index (χ0v) is 11.3. The van der Waals surface area contributed by atoms with Crippen LogP contribution >= 0.6 is 22.9 Å². The standard InChI is InChI=1S/C10H15ClN2O3S/c1-15-6-3-13(4-7(6)16-2)10-12-9(11)8(5-14)17-10/h6-7,14H,3-5H2,1-2H3. The number of halogens is 1. The van der Waals surface area contributed by atoms with E-state index < -0.39 is 0 Å². The molecule has 0 amide bonds. The third kappa shape index (κ3) is 2.56. The summed E-state index contributed by atoms with van der Waals surface area (Å²) in [5.74, 6) is 0. The summed E-state index contributed by atoms with van der Waals surface area (Å²) in [6, 6.07) is 0. The third-order valence-corrected chi connectivity index (χ3v) is 4.40. The maximum absolute atomic E-state index is 9.09. The SMILES string of the molecule is COC1CN(c2nc(Cl)c(CO)s2)CC1OC. The van der Waals surface area contributed by atoms with Crippen molar-refractivity contribution in [1.29, 1.82) is 0 Å². The van der Waals surface area contributed by atoms with Gasteiger partial charge in [0.05, 0.1) is 11.5 Å². The Hall–Kier alpha value is -0.400. The summed E-state index contributed by atoms with van der Waals surface area (Å²) in [6.45, 7) is 1.37. The van der Waals surface area contributed by atoms with Gasteiger partial charge in [-0.05, 0) is 0 Å². The molecule has 0 bridgehead atoms. The topological polar surface area (TPSA) is 54.8 Å². The Bertz CT molecular complexity index is 376. The smallest absolute Gasteiger partial charge is 0.187 e. The van der Waals surface area contributed by atoms with E-state index in [1.165, 1.54) is 11.3 Å². The van der Waals surface area contributed by atoms with Gasteiger partial charge in [-0.25, -0.2) is 4.98 Å². The number of rotatable bonds is 4. The minimum atomic E-state index is -0.0776. The Kier molecular flexibility index (Phi) is 4.22.